The van der Waals surface area contributed by atoms with Crippen LogP contribution >= 0.6 is 11.9 Å². The van der Waals surface area contributed by atoms with Gasteiger partial charge in [-0.1, -0.05) is 36.2 Å². The van der Waals surface area contributed by atoms with Crippen molar-refractivity contribution in [1.82, 2.24) is 9.62 Å². The maximum absolute atomic E-state index is 13.4. The van der Waals surface area contributed by atoms with Gasteiger partial charge in [-0.25, -0.2) is 4.39 Å². The second-order valence-corrected chi connectivity index (χ2v) is 11.2. The van der Waals surface area contributed by atoms with Crippen LogP contribution in [0.4, 0.5) is 4.39 Å². The van der Waals surface area contributed by atoms with Gasteiger partial charge in [-0.15, -0.1) is 0 Å². The summed E-state index contributed by atoms with van der Waals surface area (Å²) >= 11 is 1.92. The van der Waals surface area contributed by atoms with Crippen molar-refractivity contribution in [1.29, 1.82) is 5.26 Å². The summed E-state index contributed by atoms with van der Waals surface area (Å²) in [5.74, 6) is 0.0934. The molecule has 4 rings (SSSR count). The third-order valence-electron chi connectivity index (χ3n) is 5.66. The summed E-state index contributed by atoms with van der Waals surface area (Å²) in [4.78, 5) is 5.12. The molecule has 0 amide bonds. The van der Waals surface area contributed by atoms with E-state index in [2.05, 4.69) is 36.5 Å². The molecule has 2 aromatic carbocycles. The molecule has 2 aliphatic rings. The molecular weight excluding hydrogens is 419 g/mol. The van der Waals surface area contributed by atoms with Crippen LogP contribution in [0.2, 0.25) is 0 Å². The monoisotopic (exact) mass is 448 g/mol. The molecule has 1 atom stereocenters. The van der Waals surface area contributed by atoms with Crippen molar-refractivity contribution >= 4 is 23.2 Å². The highest BCUT2D eigenvalue weighted by atomic mass is 32.2. The molecular formula is C26H29FN4S. The summed E-state index contributed by atoms with van der Waals surface area (Å²) in [6, 6.07) is 16.4. The Balaban J connectivity index is 1.62. The molecule has 0 radical (unpaired) electrons. The van der Waals surface area contributed by atoms with Crippen LogP contribution in [0, 0.1) is 23.1 Å². The number of halogens is 1. The van der Waals surface area contributed by atoms with E-state index >= 15 is 0 Å². The molecule has 2 heterocycles. The molecule has 0 aromatic heterocycles. The number of benzene rings is 2. The molecule has 6 heteroatoms. The van der Waals surface area contributed by atoms with Crippen molar-refractivity contribution in [2.75, 3.05) is 13.1 Å². The van der Waals surface area contributed by atoms with E-state index in [0.29, 0.717) is 11.5 Å². The van der Waals surface area contributed by atoms with Crippen LogP contribution in [-0.2, 0) is 0 Å². The molecule has 0 bridgehead atoms. The minimum atomic E-state index is -0.248. The van der Waals surface area contributed by atoms with E-state index in [0.717, 1.165) is 48.3 Å². The normalized spacial score (nSPS) is 20.2. The highest BCUT2D eigenvalue weighted by Crippen LogP contribution is 2.36. The zero-order valence-electron chi connectivity index (χ0n) is 18.8. The molecule has 1 unspecified atom stereocenters. The van der Waals surface area contributed by atoms with Gasteiger partial charge in [0.2, 0.25) is 0 Å². The molecule has 4 nitrogen and oxygen atoms in total. The minimum absolute atomic E-state index is 0.204. The highest BCUT2D eigenvalue weighted by molar-refractivity contribution is 7.98. The number of hydrogen-bond donors (Lipinski definition) is 1. The van der Waals surface area contributed by atoms with Crippen molar-refractivity contribution in [2.45, 2.75) is 44.5 Å². The quantitative estimate of drug-likeness (QED) is 0.588. The summed E-state index contributed by atoms with van der Waals surface area (Å²) in [7, 11) is 0. The Morgan fingerprint density at radius 3 is 2.50 bits per heavy atom. The molecule has 1 N–H and O–H groups in total. The molecule has 32 heavy (non-hydrogen) atoms. The van der Waals surface area contributed by atoms with E-state index in [9.17, 15) is 9.65 Å². The van der Waals surface area contributed by atoms with Gasteiger partial charge in [0.25, 0.3) is 0 Å². The lowest BCUT2D eigenvalue weighted by molar-refractivity contribution is 0.338. The van der Waals surface area contributed by atoms with E-state index in [1.54, 1.807) is 12.1 Å². The maximum atomic E-state index is 13.4. The second-order valence-electron chi connectivity index (χ2n) is 9.29. The molecule has 0 spiro atoms. The third kappa shape index (κ3) is 5.40. The Morgan fingerprint density at radius 1 is 1.12 bits per heavy atom. The summed E-state index contributed by atoms with van der Waals surface area (Å²) in [6.07, 6.45) is 3.85. The van der Waals surface area contributed by atoms with Gasteiger partial charge < -0.3 is 5.32 Å². The minimum Gasteiger partial charge on any atom is -0.366 e. The first-order chi connectivity index (χ1) is 15.3. The van der Waals surface area contributed by atoms with Crippen molar-refractivity contribution < 1.29 is 4.39 Å². The standard InChI is InChI=1S/C26H29FN4S/c1-26(2,3)32-31-13-11-19(12-14-31)24-23(21-6-4-5-18(15-21)16-28)17-29-25(30-24)20-7-9-22(27)10-8-20/h4-10,15,17,19,25,29H,11-14H2,1-3H3. The van der Waals surface area contributed by atoms with Crippen LogP contribution in [0.25, 0.3) is 5.57 Å². The summed E-state index contributed by atoms with van der Waals surface area (Å²) in [5.41, 5.74) is 4.70. The average Bonchev–Trinajstić information content (AvgIpc) is 2.79. The van der Waals surface area contributed by atoms with Crippen molar-refractivity contribution in [3.8, 4) is 6.07 Å². The Morgan fingerprint density at radius 2 is 1.84 bits per heavy atom. The molecule has 0 saturated carbocycles. The fraction of sp³-hybridized carbons (Fsp3) is 0.385. The van der Waals surface area contributed by atoms with Gasteiger partial charge in [0.1, 0.15) is 12.0 Å². The average molecular weight is 449 g/mol. The maximum Gasteiger partial charge on any atom is 0.144 e. The van der Waals surface area contributed by atoms with Gasteiger partial charge in [0.05, 0.1) is 17.3 Å². The third-order valence-corrected chi connectivity index (χ3v) is 6.83. The summed E-state index contributed by atoms with van der Waals surface area (Å²) < 4.78 is 16.1. The van der Waals surface area contributed by atoms with E-state index in [1.165, 1.54) is 12.1 Å². The predicted octanol–water partition coefficient (Wildman–Crippen LogP) is 5.94. The topological polar surface area (TPSA) is 51.4 Å². The van der Waals surface area contributed by atoms with Gasteiger partial charge in [-0.2, -0.15) is 5.26 Å². The van der Waals surface area contributed by atoms with E-state index < -0.39 is 0 Å². The highest BCUT2D eigenvalue weighted by Gasteiger charge is 2.31. The lowest BCUT2D eigenvalue weighted by Crippen LogP contribution is -2.36. The van der Waals surface area contributed by atoms with E-state index in [1.807, 2.05) is 42.4 Å². The van der Waals surface area contributed by atoms with Crippen molar-refractivity contribution in [2.24, 2.45) is 10.9 Å². The van der Waals surface area contributed by atoms with Crippen LogP contribution in [0.15, 0.2) is 59.7 Å². The second kappa shape index (κ2) is 9.48. The van der Waals surface area contributed by atoms with Crippen LogP contribution in [0.5, 0.6) is 0 Å². The number of piperidine rings is 1. The number of hydrogen-bond acceptors (Lipinski definition) is 5. The van der Waals surface area contributed by atoms with Gasteiger partial charge in [0.15, 0.2) is 0 Å². The number of rotatable bonds is 4. The first kappa shape index (κ1) is 22.6. The van der Waals surface area contributed by atoms with E-state index in [-0.39, 0.29) is 16.7 Å². The Hall–Kier alpha value is -2.62. The number of aliphatic imine (C=N–C) groups is 1. The molecule has 2 aliphatic heterocycles. The van der Waals surface area contributed by atoms with Gasteiger partial charge in [-0.3, -0.25) is 9.30 Å². The molecule has 1 saturated heterocycles. The first-order valence-electron chi connectivity index (χ1n) is 11.1. The van der Waals surface area contributed by atoms with Gasteiger partial charge in [-0.05, 0) is 69.0 Å². The summed E-state index contributed by atoms with van der Waals surface area (Å²) in [5, 5.41) is 12.7. The molecule has 2 aromatic rings. The molecule has 166 valence electrons. The number of nitriles is 1. The zero-order chi connectivity index (χ0) is 22.7. The fourth-order valence-corrected chi connectivity index (χ4v) is 5.39. The van der Waals surface area contributed by atoms with Crippen LogP contribution in [0.1, 0.15) is 56.5 Å². The van der Waals surface area contributed by atoms with Crippen molar-refractivity contribution in [3.63, 3.8) is 0 Å². The smallest absolute Gasteiger partial charge is 0.144 e. The lowest BCUT2D eigenvalue weighted by Gasteiger charge is -2.37. The Kier molecular flexibility index (Phi) is 6.68. The predicted molar refractivity (Wildman–Crippen MR) is 130 cm³/mol. The molecule has 0 aliphatic carbocycles. The number of nitrogens with zero attached hydrogens (tertiary/aromatic N) is 3. The fourth-order valence-electron chi connectivity index (χ4n) is 4.22. The largest absolute Gasteiger partial charge is 0.366 e. The Labute approximate surface area is 194 Å². The SMILES string of the molecule is CC(C)(C)SN1CCC(C2=NC(c3ccc(F)cc3)NC=C2c2cccc(C#N)c2)CC1. The number of allylic oxidation sites excluding steroid dienone is 1. The van der Waals surface area contributed by atoms with Gasteiger partial charge >= 0.3 is 0 Å². The van der Waals surface area contributed by atoms with Crippen LogP contribution in [0.3, 0.4) is 0 Å². The first-order valence-corrected chi connectivity index (χ1v) is 11.8. The molecule has 1 fully saturated rings. The Bertz CT molecular complexity index is 1050. The van der Waals surface area contributed by atoms with Crippen LogP contribution < -0.4 is 5.32 Å². The van der Waals surface area contributed by atoms with Gasteiger partial charge in [0, 0.05) is 35.5 Å². The number of nitrogens with one attached hydrogen (secondary N) is 1. The lowest BCUT2D eigenvalue weighted by atomic mass is 9.85. The van der Waals surface area contributed by atoms with E-state index in [4.69, 9.17) is 4.99 Å². The van der Waals surface area contributed by atoms with Crippen molar-refractivity contribution in [3.05, 3.63) is 77.2 Å². The summed E-state index contributed by atoms with van der Waals surface area (Å²) in [6.45, 7) is 8.78. The van der Waals surface area contributed by atoms with Crippen LogP contribution in [-0.4, -0.2) is 27.9 Å². The zero-order valence-corrected chi connectivity index (χ0v) is 19.6.